The van der Waals surface area contributed by atoms with E-state index in [0.29, 0.717) is 5.56 Å². The first kappa shape index (κ1) is 13.5. The number of aromatic hydroxyl groups is 1. The molecule has 0 aliphatic carbocycles. The van der Waals surface area contributed by atoms with Crippen LogP contribution in [0.5, 0.6) is 5.75 Å². The van der Waals surface area contributed by atoms with Crippen LogP contribution in [0, 0.1) is 0 Å². The molecule has 0 fully saturated rings. The summed E-state index contributed by atoms with van der Waals surface area (Å²) in [5, 5.41) is 17.3. The van der Waals surface area contributed by atoms with Gasteiger partial charge in [-0.15, -0.1) is 0 Å². The van der Waals surface area contributed by atoms with Crippen LogP contribution in [0.15, 0.2) is 24.3 Å². The van der Waals surface area contributed by atoms with E-state index in [1.165, 1.54) is 24.3 Å². The van der Waals surface area contributed by atoms with Gasteiger partial charge < -0.3 is 10.2 Å². The highest BCUT2D eigenvalue weighted by Crippen LogP contribution is 2.13. The van der Waals surface area contributed by atoms with E-state index in [0.717, 1.165) is 0 Å². The Balaban J connectivity index is 2.54. The zero-order valence-corrected chi connectivity index (χ0v) is 9.68. The van der Waals surface area contributed by atoms with Crippen molar-refractivity contribution in [1.82, 2.24) is 0 Å². The first-order valence-electron chi connectivity index (χ1n) is 4.76. The van der Waals surface area contributed by atoms with E-state index in [1.54, 1.807) is 0 Å². The van der Waals surface area contributed by atoms with Gasteiger partial charge in [0.05, 0.1) is 13.0 Å². The summed E-state index contributed by atoms with van der Waals surface area (Å²) in [4.78, 5) is 10.2. The van der Waals surface area contributed by atoms with E-state index in [2.05, 4.69) is 4.18 Å². The Kier molecular flexibility index (Phi) is 4.47. The second-order valence-corrected chi connectivity index (χ2v) is 4.97. The molecule has 0 unspecified atom stereocenters. The molecule has 0 spiro atoms. The van der Waals surface area contributed by atoms with Crippen molar-refractivity contribution in [1.29, 1.82) is 0 Å². The summed E-state index contributed by atoms with van der Waals surface area (Å²) in [6, 6.07) is 5.63. The summed E-state index contributed by atoms with van der Waals surface area (Å²) in [7, 11) is -3.79. The van der Waals surface area contributed by atoms with Crippen LogP contribution in [-0.2, 0) is 24.8 Å². The van der Waals surface area contributed by atoms with Gasteiger partial charge in [-0.25, -0.2) is 0 Å². The number of hydrogen-bond donors (Lipinski definition) is 2. The maximum Gasteiger partial charge on any atom is 0.305 e. The van der Waals surface area contributed by atoms with Crippen molar-refractivity contribution >= 4 is 16.1 Å². The number of phenols is 1. The number of rotatable bonds is 6. The van der Waals surface area contributed by atoms with Gasteiger partial charge in [0.25, 0.3) is 10.1 Å². The lowest BCUT2D eigenvalue weighted by molar-refractivity contribution is -0.137. The smallest absolute Gasteiger partial charge is 0.305 e. The highest BCUT2D eigenvalue weighted by atomic mass is 32.2. The molecule has 0 heterocycles. The van der Waals surface area contributed by atoms with Gasteiger partial charge in [-0.2, -0.15) is 8.42 Å². The van der Waals surface area contributed by atoms with Crippen LogP contribution < -0.4 is 0 Å². The minimum absolute atomic E-state index is 0.0398. The van der Waals surface area contributed by atoms with Gasteiger partial charge in [0.1, 0.15) is 11.5 Å². The van der Waals surface area contributed by atoms with Gasteiger partial charge in [0.15, 0.2) is 0 Å². The predicted molar refractivity (Wildman–Crippen MR) is 58.9 cm³/mol. The first-order chi connectivity index (χ1) is 7.89. The fraction of sp³-hybridized carbons (Fsp3) is 0.300. The van der Waals surface area contributed by atoms with Crippen molar-refractivity contribution in [3.05, 3.63) is 29.8 Å². The Morgan fingerprint density at radius 3 is 2.35 bits per heavy atom. The first-order valence-corrected chi connectivity index (χ1v) is 6.33. The lowest BCUT2D eigenvalue weighted by Crippen LogP contribution is -2.12. The molecule has 6 nitrogen and oxygen atoms in total. The van der Waals surface area contributed by atoms with Gasteiger partial charge in [-0.05, 0) is 17.7 Å². The van der Waals surface area contributed by atoms with Crippen LogP contribution in [0.4, 0.5) is 0 Å². The molecule has 1 aromatic rings. The standard InChI is InChI=1S/C10H12O6S/c11-9-3-1-8(2-4-9)7-17(14,15)16-6-5-10(12)13/h1-4,11H,5-7H2,(H,12,13). The van der Waals surface area contributed by atoms with Gasteiger partial charge >= 0.3 is 5.97 Å². The Morgan fingerprint density at radius 2 is 1.82 bits per heavy atom. The van der Waals surface area contributed by atoms with E-state index in [9.17, 15) is 13.2 Å². The minimum atomic E-state index is -3.79. The fourth-order valence-electron chi connectivity index (χ4n) is 1.09. The van der Waals surface area contributed by atoms with Crippen LogP contribution in [0.25, 0.3) is 0 Å². The lowest BCUT2D eigenvalue weighted by atomic mass is 10.2. The van der Waals surface area contributed by atoms with Crippen molar-refractivity contribution in [2.24, 2.45) is 0 Å². The molecule has 0 saturated heterocycles. The molecule has 0 amide bonds. The number of carbonyl (C=O) groups is 1. The van der Waals surface area contributed by atoms with Gasteiger partial charge in [0, 0.05) is 0 Å². The molecular weight excluding hydrogens is 248 g/mol. The number of aliphatic carboxylic acids is 1. The van der Waals surface area contributed by atoms with E-state index in [4.69, 9.17) is 10.2 Å². The topological polar surface area (TPSA) is 101 Å². The zero-order valence-electron chi connectivity index (χ0n) is 8.87. The molecule has 94 valence electrons. The number of hydrogen-bond acceptors (Lipinski definition) is 5. The Labute approximate surface area is 98.6 Å². The summed E-state index contributed by atoms with van der Waals surface area (Å²) < 4.78 is 27.3. The molecular formula is C10H12O6S. The molecule has 0 aliphatic heterocycles. The predicted octanol–water partition coefficient (Wildman–Crippen LogP) is 0.713. The van der Waals surface area contributed by atoms with E-state index >= 15 is 0 Å². The highest BCUT2D eigenvalue weighted by molar-refractivity contribution is 7.85. The van der Waals surface area contributed by atoms with Crippen molar-refractivity contribution in [2.75, 3.05) is 6.61 Å². The van der Waals surface area contributed by atoms with Crippen LogP contribution in [0.1, 0.15) is 12.0 Å². The quantitative estimate of drug-likeness (QED) is 0.731. The molecule has 1 rings (SSSR count). The third-order valence-corrected chi connectivity index (χ3v) is 3.07. The Morgan fingerprint density at radius 1 is 1.24 bits per heavy atom. The van der Waals surface area contributed by atoms with Crippen molar-refractivity contribution < 1.29 is 27.6 Å². The molecule has 0 aliphatic rings. The van der Waals surface area contributed by atoms with Crippen LogP contribution >= 0.6 is 0 Å². The largest absolute Gasteiger partial charge is 0.508 e. The number of phenolic OH excluding ortho intramolecular Hbond substituents is 1. The van der Waals surface area contributed by atoms with Gasteiger partial charge in [-0.3, -0.25) is 8.98 Å². The molecule has 0 aromatic heterocycles. The fourth-order valence-corrected chi connectivity index (χ4v) is 2.12. The summed E-state index contributed by atoms with van der Waals surface area (Å²) in [5.41, 5.74) is 0.457. The molecule has 0 saturated carbocycles. The lowest BCUT2D eigenvalue weighted by Gasteiger charge is -2.04. The second kappa shape index (κ2) is 5.65. The average Bonchev–Trinajstić information content (AvgIpc) is 2.20. The van der Waals surface area contributed by atoms with Gasteiger partial charge in [0.2, 0.25) is 0 Å². The third-order valence-electron chi connectivity index (χ3n) is 1.86. The summed E-state index contributed by atoms with van der Waals surface area (Å²) >= 11 is 0. The van der Waals surface area contributed by atoms with Crippen LogP contribution in [-0.4, -0.2) is 31.2 Å². The monoisotopic (exact) mass is 260 g/mol. The van der Waals surface area contributed by atoms with E-state index in [-0.39, 0.29) is 24.5 Å². The molecule has 2 N–H and O–H groups in total. The van der Waals surface area contributed by atoms with Crippen molar-refractivity contribution in [3.63, 3.8) is 0 Å². The number of carboxylic acid groups (broad SMARTS) is 1. The van der Waals surface area contributed by atoms with Crippen LogP contribution in [0.3, 0.4) is 0 Å². The van der Waals surface area contributed by atoms with Crippen LogP contribution in [0.2, 0.25) is 0 Å². The molecule has 0 atom stereocenters. The summed E-state index contributed by atoms with van der Waals surface area (Å²) in [6.07, 6.45) is -0.366. The second-order valence-electron chi connectivity index (χ2n) is 3.33. The molecule has 17 heavy (non-hydrogen) atoms. The highest BCUT2D eigenvalue weighted by Gasteiger charge is 2.13. The normalized spacial score (nSPS) is 11.3. The Bertz CT molecular complexity index is 476. The molecule has 7 heteroatoms. The maximum atomic E-state index is 11.4. The van der Waals surface area contributed by atoms with E-state index in [1.807, 2.05) is 0 Å². The number of benzene rings is 1. The minimum Gasteiger partial charge on any atom is -0.508 e. The van der Waals surface area contributed by atoms with E-state index < -0.39 is 16.1 Å². The average molecular weight is 260 g/mol. The summed E-state index contributed by atoms with van der Waals surface area (Å²) in [6.45, 7) is -0.379. The third kappa shape index (κ3) is 5.32. The Hall–Kier alpha value is -1.60. The molecule has 1 aromatic carbocycles. The maximum absolute atomic E-state index is 11.4. The van der Waals surface area contributed by atoms with Crippen molar-refractivity contribution in [2.45, 2.75) is 12.2 Å². The number of carboxylic acids is 1. The molecule has 0 bridgehead atoms. The SMILES string of the molecule is O=C(O)CCOS(=O)(=O)Cc1ccc(O)cc1. The van der Waals surface area contributed by atoms with Crippen molar-refractivity contribution in [3.8, 4) is 5.75 Å². The molecule has 0 radical (unpaired) electrons. The summed E-state index contributed by atoms with van der Waals surface area (Å²) in [5.74, 6) is -1.44. The zero-order chi connectivity index (χ0) is 12.9. The van der Waals surface area contributed by atoms with Gasteiger partial charge in [-0.1, -0.05) is 12.1 Å².